The molecule has 2 aromatic rings. The predicted molar refractivity (Wildman–Crippen MR) is 165 cm³/mol. The van der Waals surface area contributed by atoms with Crippen LogP contribution >= 0.6 is 11.6 Å². The highest BCUT2D eigenvalue weighted by Gasteiger charge is 2.44. The molecule has 2 bridgehead atoms. The summed E-state index contributed by atoms with van der Waals surface area (Å²) in [6.07, 6.45) is 10.1. The minimum atomic E-state index is -4.07. The van der Waals surface area contributed by atoms with E-state index in [0.717, 1.165) is 49.4 Å². The van der Waals surface area contributed by atoms with Crippen molar-refractivity contribution in [3.05, 3.63) is 64.7 Å². The van der Waals surface area contributed by atoms with Crippen molar-refractivity contribution < 1.29 is 22.7 Å². The van der Waals surface area contributed by atoms with E-state index >= 15 is 0 Å². The Bertz CT molecular complexity index is 1490. The van der Waals surface area contributed by atoms with Gasteiger partial charge >= 0.3 is 0 Å². The molecule has 1 fully saturated rings. The first kappa shape index (κ1) is 29.5. The molecule has 4 aliphatic rings. The van der Waals surface area contributed by atoms with Crippen molar-refractivity contribution in [1.29, 1.82) is 0 Å². The molecule has 1 saturated carbocycles. The molecule has 7 nitrogen and oxygen atoms in total. The van der Waals surface area contributed by atoms with Gasteiger partial charge in [-0.25, -0.2) is 13.1 Å². The van der Waals surface area contributed by atoms with Crippen molar-refractivity contribution in [3.8, 4) is 5.75 Å². The van der Waals surface area contributed by atoms with Gasteiger partial charge in [-0.15, -0.1) is 0 Å². The van der Waals surface area contributed by atoms with E-state index in [1.807, 2.05) is 13.0 Å². The average molecular weight is 613 g/mol. The van der Waals surface area contributed by atoms with Crippen LogP contribution in [0.1, 0.15) is 57.1 Å². The molecule has 6 atom stereocenters. The Morgan fingerprint density at radius 2 is 1.98 bits per heavy atom. The van der Waals surface area contributed by atoms with Gasteiger partial charge in [0.15, 0.2) is 0 Å². The van der Waals surface area contributed by atoms with Crippen LogP contribution in [0, 0.1) is 23.7 Å². The molecule has 42 heavy (non-hydrogen) atoms. The number of methoxy groups -OCH3 is 1. The number of halogens is 1. The fraction of sp³-hybridized carbons (Fsp3) is 0.545. The van der Waals surface area contributed by atoms with E-state index in [4.69, 9.17) is 21.1 Å². The number of nitrogens with one attached hydrogen (secondary N) is 1. The number of carbonyl (C=O) groups excluding carboxylic acids is 1. The van der Waals surface area contributed by atoms with Crippen LogP contribution in [-0.2, 0) is 31.4 Å². The quantitative estimate of drug-likeness (QED) is 0.404. The number of sulfonamides is 1. The number of benzene rings is 2. The number of ether oxygens (including phenoxy) is 2. The van der Waals surface area contributed by atoms with Gasteiger partial charge in [-0.05, 0) is 97.7 Å². The molecule has 9 heteroatoms. The number of amides is 1. The Morgan fingerprint density at radius 1 is 1.14 bits per heavy atom. The Labute approximate surface area is 254 Å². The van der Waals surface area contributed by atoms with Crippen LogP contribution in [0.25, 0.3) is 0 Å². The monoisotopic (exact) mass is 612 g/mol. The molecule has 2 aliphatic heterocycles. The van der Waals surface area contributed by atoms with Crippen molar-refractivity contribution in [2.75, 3.05) is 31.7 Å². The van der Waals surface area contributed by atoms with Gasteiger partial charge in [-0.2, -0.15) is 0 Å². The summed E-state index contributed by atoms with van der Waals surface area (Å²) in [5, 5.41) is 0.741. The smallest absolute Gasteiger partial charge is 0.264 e. The van der Waals surface area contributed by atoms with Crippen molar-refractivity contribution >= 4 is 33.2 Å². The number of anilines is 1. The van der Waals surface area contributed by atoms with Gasteiger partial charge in [0, 0.05) is 36.6 Å². The highest BCUT2D eigenvalue weighted by molar-refractivity contribution is 7.90. The SMILES string of the molecule is CO[C@@H]1/C=C/C[C@H](C)[C@@H](C)C(=O)NS(=O)(=O)c2ccc3c(c2)N(C[C@@H]2CC[C@H]21)C[C@@]1(CCCc2cc(Cl)ccc21)CO3. The Balaban J connectivity index is 1.44. The van der Waals surface area contributed by atoms with Gasteiger partial charge in [-0.3, -0.25) is 4.79 Å². The minimum Gasteiger partial charge on any atom is -0.490 e. The van der Waals surface area contributed by atoms with E-state index < -0.39 is 21.8 Å². The summed E-state index contributed by atoms with van der Waals surface area (Å²) in [4.78, 5) is 15.5. The molecule has 2 aromatic carbocycles. The summed E-state index contributed by atoms with van der Waals surface area (Å²) >= 11 is 6.40. The number of carbonyl (C=O) groups is 1. The van der Waals surface area contributed by atoms with E-state index in [1.165, 1.54) is 11.1 Å². The molecular formula is C33H41ClN2O5S. The number of hydrogen-bond donors (Lipinski definition) is 1. The van der Waals surface area contributed by atoms with Crippen LogP contribution in [-0.4, -0.2) is 47.2 Å². The number of aryl methyl sites for hydroxylation is 1. The third-order valence-corrected chi connectivity index (χ3v) is 11.9. The lowest BCUT2D eigenvalue weighted by Crippen LogP contribution is -2.49. The number of fused-ring (bicyclic) bond motifs is 4. The van der Waals surface area contributed by atoms with Crippen molar-refractivity contribution in [2.24, 2.45) is 23.7 Å². The second-order valence-electron chi connectivity index (χ2n) is 12.8. The summed E-state index contributed by atoms with van der Waals surface area (Å²) < 4.78 is 41.9. The topological polar surface area (TPSA) is 84.9 Å². The molecule has 1 N–H and O–H groups in total. The highest BCUT2D eigenvalue weighted by Crippen LogP contribution is 2.47. The summed E-state index contributed by atoms with van der Waals surface area (Å²) in [5.74, 6) is 0.419. The van der Waals surface area contributed by atoms with Gasteiger partial charge in [0.1, 0.15) is 5.75 Å². The first-order valence-electron chi connectivity index (χ1n) is 15.2. The molecule has 0 unspecified atom stereocenters. The Kier molecular flexibility index (Phi) is 8.09. The maximum absolute atomic E-state index is 13.5. The van der Waals surface area contributed by atoms with Gasteiger partial charge in [0.2, 0.25) is 5.91 Å². The maximum atomic E-state index is 13.5. The number of allylic oxidation sites excluding steroid dienone is 1. The van der Waals surface area contributed by atoms with Crippen LogP contribution in [0.15, 0.2) is 53.4 Å². The fourth-order valence-electron chi connectivity index (χ4n) is 7.37. The van der Waals surface area contributed by atoms with E-state index in [-0.39, 0.29) is 22.3 Å². The lowest BCUT2D eigenvalue weighted by atomic mass is 9.68. The van der Waals surface area contributed by atoms with Crippen molar-refractivity contribution in [2.45, 2.75) is 68.8 Å². The number of rotatable bonds is 1. The zero-order chi connectivity index (χ0) is 29.6. The van der Waals surface area contributed by atoms with Crippen LogP contribution in [0.4, 0.5) is 5.69 Å². The second-order valence-corrected chi connectivity index (χ2v) is 15.0. The molecule has 2 heterocycles. The van der Waals surface area contributed by atoms with Crippen molar-refractivity contribution in [1.82, 2.24) is 4.72 Å². The molecule has 0 aromatic heterocycles. The predicted octanol–water partition coefficient (Wildman–Crippen LogP) is 5.89. The van der Waals surface area contributed by atoms with Gasteiger partial charge in [0.25, 0.3) is 10.0 Å². The standard InChI is InChI=1S/C33H41ClN2O5S/c1-21-6-4-8-30(40-3)27-12-9-24(27)18-36-19-33(15-5-7-23-16-25(34)10-13-28(23)33)20-41-31-14-11-26(17-29(31)36)42(38,39)35-32(37)22(21)2/h4,8,10-11,13-14,16-17,21-22,24,27,30H,5-7,9,12,15,18-20H2,1-3H3,(H,35,37)/b8-4+/t21-,22+,24-,27+,30+,33-/m0/s1. The largest absolute Gasteiger partial charge is 0.490 e. The van der Waals surface area contributed by atoms with Gasteiger partial charge < -0.3 is 14.4 Å². The van der Waals surface area contributed by atoms with Crippen LogP contribution < -0.4 is 14.4 Å². The number of nitrogens with zero attached hydrogens (tertiary/aromatic N) is 1. The average Bonchev–Trinajstić information content (AvgIpc) is 3.10. The van der Waals surface area contributed by atoms with E-state index in [1.54, 1.807) is 32.2 Å². The fourth-order valence-corrected chi connectivity index (χ4v) is 8.65. The molecule has 0 radical (unpaired) electrons. The molecule has 226 valence electrons. The third-order valence-electron chi connectivity index (χ3n) is 10.3. The first-order chi connectivity index (χ1) is 20.1. The second kappa shape index (κ2) is 11.5. The molecule has 1 amide bonds. The zero-order valence-electron chi connectivity index (χ0n) is 24.6. The first-order valence-corrected chi connectivity index (χ1v) is 17.0. The summed E-state index contributed by atoms with van der Waals surface area (Å²) in [7, 11) is -2.30. The molecule has 1 spiro atoms. The van der Waals surface area contributed by atoms with E-state index in [0.29, 0.717) is 37.2 Å². The lowest BCUT2D eigenvalue weighted by molar-refractivity contribution is -0.124. The van der Waals surface area contributed by atoms with Gasteiger partial charge in [0.05, 0.1) is 23.3 Å². The number of hydrogen-bond acceptors (Lipinski definition) is 6. The van der Waals surface area contributed by atoms with Crippen LogP contribution in [0.5, 0.6) is 5.75 Å². The van der Waals surface area contributed by atoms with Crippen LogP contribution in [0.2, 0.25) is 5.02 Å². The van der Waals surface area contributed by atoms with Crippen LogP contribution in [0.3, 0.4) is 0 Å². The maximum Gasteiger partial charge on any atom is 0.264 e. The molecule has 6 rings (SSSR count). The van der Waals surface area contributed by atoms with Gasteiger partial charge in [-0.1, -0.05) is 43.7 Å². The molecular weight excluding hydrogens is 572 g/mol. The Morgan fingerprint density at radius 3 is 2.74 bits per heavy atom. The van der Waals surface area contributed by atoms with E-state index in [9.17, 15) is 13.2 Å². The zero-order valence-corrected chi connectivity index (χ0v) is 26.2. The Hall–Kier alpha value is -2.55. The lowest BCUT2D eigenvalue weighted by Gasteiger charge is -2.46. The summed E-state index contributed by atoms with van der Waals surface area (Å²) in [6.45, 7) is 5.73. The third kappa shape index (κ3) is 5.46. The van der Waals surface area contributed by atoms with E-state index in [2.05, 4.69) is 33.9 Å². The normalized spacial score (nSPS) is 33.3. The van der Waals surface area contributed by atoms with Crippen molar-refractivity contribution in [3.63, 3.8) is 0 Å². The summed E-state index contributed by atoms with van der Waals surface area (Å²) in [6, 6.07) is 11.2. The molecule has 2 aliphatic carbocycles. The molecule has 0 saturated heterocycles. The summed E-state index contributed by atoms with van der Waals surface area (Å²) in [5.41, 5.74) is 3.03. The minimum absolute atomic E-state index is 0.00564. The highest BCUT2D eigenvalue weighted by atomic mass is 35.5.